The Morgan fingerprint density at radius 3 is 2.45 bits per heavy atom. The van der Waals surface area contributed by atoms with E-state index in [1.807, 2.05) is 42.5 Å². The number of benzene rings is 2. The van der Waals surface area contributed by atoms with Gasteiger partial charge in [-0.25, -0.2) is 0 Å². The molecule has 1 fully saturated rings. The van der Waals surface area contributed by atoms with Crippen LogP contribution in [0, 0.1) is 0 Å². The molecule has 1 saturated carbocycles. The summed E-state index contributed by atoms with van der Waals surface area (Å²) in [6.07, 6.45) is 10.2. The van der Waals surface area contributed by atoms with Crippen molar-refractivity contribution in [1.29, 1.82) is 0 Å². The predicted molar refractivity (Wildman–Crippen MR) is 121 cm³/mol. The molecule has 1 amide bonds. The van der Waals surface area contributed by atoms with Gasteiger partial charge in [-0.15, -0.1) is 0 Å². The fourth-order valence-corrected chi connectivity index (χ4v) is 4.46. The molecule has 0 saturated heterocycles. The smallest absolute Gasteiger partial charge is 0.248 e. The molecule has 0 radical (unpaired) electrons. The number of carbonyl (C=O) groups excluding carboxylic acids is 1. The van der Waals surface area contributed by atoms with Gasteiger partial charge < -0.3 is 22.2 Å². The predicted octanol–water partition coefficient (Wildman–Crippen LogP) is 3.01. The van der Waals surface area contributed by atoms with Gasteiger partial charge in [-0.05, 0) is 61.6 Å². The van der Waals surface area contributed by atoms with Gasteiger partial charge in [0.2, 0.25) is 5.91 Å². The van der Waals surface area contributed by atoms with E-state index in [1.54, 1.807) is 6.08 Å². The van der Waals surface area contributed by atoms with Gasteiger partial charge in [0, 0.05) is 21.8 Å². The lowest BCUT2D eigenvalue weighted by Crippen LogP contribution is -3.00. The van der Waals surface area contributed by atoms with Crippen LogP contribution in [-0.4, -0.2) is 30.5 Å². The van der Waals surface area contributed by atoms with Crippen LogP contribution in [0.1, 0.15) is 43.2 Å². The van der Waals surface area contributed by atoms with Crippen LogP contribution < -0.4 is 17.7 Å². The van der Waals surface area contributed by atoms with E-state index in [2.05, 4.69) is 47.5 Å². The number of nitrogens with one attached hydrogen (secondary N) is 1. The van der Waals surface area contributed by atoms with E-state index in [0.717, 1.165) is 32.8 Å². The highest BCUT2D eigenvalue weighted by molar-refractivity contribution is 9.10. The number of halogens is 2. The molecule has 1 aliphatic carbocycles. The molecule has 3 rings (SSSR count). The number of carbonyl (C=O) groups is 1. The zero-order valence-corrected chi connectivity index (χ0v) is 19.5. The third-order valence-electron chi connectivity index (χ3n) is 5.65. The molecule has 0 atom stereocenters. The highest BCUT2D eigenvalue weighted by Crippen LogP contribution is 2.27. The number of rotatable bonds is 6. The lowest BCUT2D eigenvalue weighted by atomic mass is 9.92. The van der Waals surface area contributed by atoms with Gasteiger partial charge in [0.15, 0.2) is 0 Å². The van der Waals surface area contributed by atoms with Crippen molar-refractivity contribution in [2.45, 2.75) is 44.7 Å². The van der Waals surface area contributed by atoms with Gasteiger partial charge in [-0.1, -0.05) is 46.6 Å². The second kappa shape index (κ2) is 11.0. The first-order valence-corrected chi connectivity index (χ1v) is 10.9. The van der Waals surface area contributed by atoms with E-state index in [9.17, 15) is 4.79 Å². The Hall–Kier alpha value is -1.62. The van der Waals surface area contributed by atoms with Crippen LogP contribution in [-0.2, 0) is 11.3 Å². The molecule has 2 aromatic carbocycles. The summed E-state index contributed by atoms with van der Waals surface area (Å²) in [5, 5.41) is 2.94. The zero-order valence-electron chi connectivity index (χ0n) is 17.2. The van der Waals surface area contributed by atoms with Gasteiger partial charge in [-0.3, -0.25) is 4.79 Å². The van der Waals surface area contributed by atoms with Crippen LogP contribution in [0.3, 0.4) is 0 Å². The summed E-state index contributed by atoms with van der Waals surface area (Å²) in [4.78, 5) is 12.2. The van der Waals surface area contributed by atoms with E-state index in [0.29, 0.717) is 0 Å². The van der Waals surface area contributed by atoms with Gasteiger partial charge in [-0.2, -0.15) is 0 Å². The lowest BCUT2D eigenvalue weighted by molar-refractivity contribution is -0.929. The average molecular weight is 478 g/mol. The lowest BCUT2D eigenvalue weighted by Gasteiger charge is -2.40. The molecule has 1 N–H and O–H groups in total. The topological polar surface area (TPSA) is 29.1 Å². The second-order valence-electron chi connectivity index (χ2n) is 8.30. The Bertz CT molecular complexity index is 827. The molecule has 0 unspecified atom stereocenters. The number of quaternary nitrogens is 1. The van der Waals surface area contributed by atoms with Crippen molar-refractivity contribution in [2.24, 2.45) is 0 Å². The quantitative estimate of drug-likeness (QED) is 0.503. The van der Waals surface area contributed by atoms with Crippen molar-refractivity contribution >= 4 is 33.6 Å². The molecule has 0 bridgehead atoms. The summed E-state index contributed by atoms with van der Waals surface area (Å²) in [6, 6.07) is 16.9. The van der Waals surface area contributed by atoms with E-state index in [1.165, 1.54) is 37.7 Å². The first-order valence-electron chi connectivity index (χ1n) is 10.1. The maximum atomic E-state index is 12.2. The van der Waals surface area contributed by atoms with Crippen molar-refractivity contribution in [3.8, 4) is 0 Å². The molecular formula is C24H30BrClN2O. The monoisotopic (exact) mass is 476 g/mol. The molecule has 0 aromatic heterocycles. The number of hydrogen-bond donors (Lipinski definition) is 1. The molecule has 156 valence electrons. The van der Waals surface area contributed by atoms with E-state index < -0.39 is 0 Å². The molecule has 0 aliphatic heterocycles. The van der Waals surface area contributed by atoms with Crippen molar-refractivity contribution < 1.29 is 21.7 Å². The number of nitrogens with zero attached hydrogens (tertiary/aromatic N) is 1. The van der Waals surface area contributed by atoms with Crippen LogP contribution in [0.2, 0.25) is 0 Å². The fourth-order valence-electron chi connectivity index (χ4n) is 4.04. The third-order valence-corrected chi connectivity index (χ3v) is 6.14. The molecule has 0 heterocycles. The van der Waals surface area contributed by atoms with Crippen molar-refractivity contribution in [3.63, 3.8) is 0 Å². The molecule has 2 aromatic rings. The van der Waals surface area contributed by atoms with Crippen LogP contribution >= 0.6 is 15.9 Å². The maximum absolute atomic E-state index is 12.2. The molecular weight excluding hydrogens is 448 g/mol. The largest absolute Gasteiger partial charge is 1.00 e. The summed E-state index contributed by atoms with van der Waals surface area (Å²) >= 11 is 3.44. The summed E-state index contributed by atoms with van der Waals surface area (Å²) in [5.41, 5.74) is 3.14. The second-order valence-corrected chi connectivity index (χ2v) is 9.22. The summed E-state index contributed by atoms with van der Waals surface area (Å²) in [7, 11) is 4.69. The Morgan fingerprint density at radius 1 is 1.10 bits per heavy atom. The number of amides is 1. The Balaban J connectivity index is 0.00000300. The van der Waals surface area contributed by atoms with Gasteiger partial charge in [0.25, 0.3) is 0 Å². The van der Waals surface area contributed by atoms with Crippen molar-refractivity contribution in [1.82, 2.24) is 0 Å². The molecule has 29 heavy (non-hydrogen) atoms. The molecule has 5 heteroatoms. The third kappa shape index (κ3) is 7.29. The van der Waals surface area contributed by atoms with Crippen molar-refractivity contribution in [3.05, 3.63) is 70.2 Å². The average Bonchev–Trinajstić information content (AvgIpc) is 2.68. The van der Waals surface area contributed by atoms with Gasteiger partial charge in [0.1, 0.15) is 6.54 Å². The molecule has 0 spiro atoms. The molecule has 3 nitrogen and oxygen atoms in total. The highest BCUT2D eigenvalue weighted by Gasteiger charge is 2.29. The summed E-state index contributed by atoms with van der Waals surface area (Å²) in [6.45, 7) is 1.03. The maximum Gasteiger partial charge on any atom is 0.248 e. The Labute approximate surface area is 189 Å². The minimum atomic E-state index is -0.119. The minimum absolute atomic E-state index is 0. The minimum Gasteiger partial charge on any atom is -1.00 e. The van der Waals surface area contributed by atoms with Gasteiger partial charge in [0.05, 0.1) is 20.1 Å². The van der Waals surface area contributed by atoms with Crippen LogP contribution in [0.15, 0.2) is 59.1 Å². The van der Waals surface area contributed by atoms with Crippen LogP contribution in [0.25, 0.3) is 6.08 Å². The van der Waals surface area contributed by atoms with Gasteiger partial charge >= 0.3 is 0 Å². The summed E-state index contributed by atoms with van der Waals surface area (Å²) < 4.78 is 2.04. The standard InChI is InChI=1S/C24H29BrN2O.ClH/c1-27(2,23-9-4-3-5-10-23)18-20-11-14-22(15-12-20)26-24(28)16-13-19-7-6-8-21(25)17-19;/h6-8,11-17,23H,3-5,9-10,18H2,1-2H3;1H. The van der Waals surface area contributed by atoms with Crippen molar-refractivity contribution in [2.75, 3.05) is 19.4 Å². The SMILES string of the molecule is C[N+](C)(Cc1ccc(NC(=O)C=Cc2cccc(Br)c2)cc1)C1CCCCC1.[Cl-]. The summed E-state index contributed by atoms with van der Waals surface area (Å²) in [5.74, 6) is -0.119. The van der Waals surface area contributed by atoms with E-state index >= 15 is 0 Å². The van der Waals surface area contributed by atoms with Crippen LogP contribution in [0.5, 0.6) is 0 Å². The molecule has 1 aliphatic rings. The zero-order chi connectivity index (χ0) is 20.0. The number of anilines is 1. The Kier molecular flexibility index (Phi) is 8.94. The number of hydrogen-bond acceptors (Lipinski definition) is 1. The van der Waals surface area contributed by atoms with E-state index in [-0.39, 0.29) is 18.3 Å². The highest BCUT2D eigenvalue weighted by atomic mass is 79.9. The normalized spacial score (nSPS) is 15.1. The van der Waals surface area contributed by atoms with Crippen LogP contribution in [0.4, 0.5) is 5.69 Å². The fraction of sp³-hybridized carbons (Fsp3) is 0.375. The van der Waals surface area contributed by atoms with E-state index in [4.69, 9.17) is 0 Å². The Morgan fingerprint density at radius 2 is 1.79 bits per heavy atom. The first kappa shape index (κ1) is 23.7. The first-order chi connectivity index (χ1) is 13.4.